The Kier molecular flexibility index (Phi) is 6.33. The minimum Gasteiger partial charge on any atom is -0.368 e. The van der Waals surface area contributed by atoms with Crippen LogP contribution in [0.15, 0.2) is 29.3 Å². The molecule has 1 aromatic carbocycles. The minimum atomic E-state index is -4.74. The van der Waals surface area contributed by atoms with Crippen LogP contribution in [-0.2, 0) is 16.0 Å². The minimum absolute atomic E-state index is 0.0174. The lowest BCUT2D eigenvalue weighted by Crippen LogP contribution is -2.56. The summed E-state index contributed by atoms with van der Waals surface area (Å²) in [5.41, 5.74) is -1.42. The van der Waals surface area contributed by atoms with Crippen LogP contribution in [0.5, 0.6) is 0 Å². The van der Waals surface area contributed by atoms with Crippen LogP contribution in [-0.4, -0.2) is 50.3 Å². The zero-order valence-corrected chi connectivity index (χ0v) is 18.4. The van der Waals surface area contributed by atoms with Crippen molar-refractivity contribution in [3.05, 3.63) is 41.5 Å². The summed E-state index contributed by atoms with van der Waals surface area (Å²) in [6, 6.07) is 5.10. The molecule has 1 aliphatic heterocycles. The number of piperazine rings is 1. The van der Waals surface area contributed by atoms with E-state index in [1.807, 2.05) is 18.7 Å². The molecule has 1 aromatic heterocycles. The summed E-state index contributed by atoms with van der Waals surface area (Å²) in [4.78, 5) is 10.9. The average Bonchev–Trinajstić information content (AvgIpc) is 2.71. The van der Waals surface area contributed by atoms with E-state index >= 15 is 0 Å². The summed E-state index contributed by atoms with van der Waals surface area (Å²) in [6.45, 7) is 4.89. The molecule has 12 heteroatoms. The van der Waals surface area contributed by atoms with Crippen LogP contribution < -0.4 is 9.80 Å². The van der Waals surface area contributed by atoms with E-state index < -0.39 is 38.0 Å². The maximum absolute atomic E-state index is 14.0. The summed E-state index contributed by atoms with van der Waals surface area (Å²) in [5.74, 6) is -0.801. The molecule has 0 N–H and O–H groups in total. The average molecular weight is 471 g/mol. The second kappa shape index (κ2) is 8.54. The predicted molar refractivity (Wildman–Crippen MR) is 109 cm³/mol. The first kappa shape index (κ1) is 23.7. The van der Waals surface area contributed by atoms with Gasteiger partial charge in [-0.05, 0) is 24.1 Å². The third-order valence-corrected chi connectivity index (χ3v) is 6.42. The van der Waals surface area contributed by atoms with Crippen molar-refractivity contribution in [2.24, 2.45) is 5.92 Å². The van der Waals surface area contributed by atoms with Crippen molar-refractivity contribution in [3.63, 3.8) is 0 Å². The number of aromatic nitrogens is 2. The smallest absolute Gasteiger partial charge is 0.368 e. The molecule has 0 radical (unpaired) electrons. The van der Waals surface area contributed by atoms with Crippen molar-refractivity contribution < 1.29 is 26.0 Å². The molecule has 3 rings (SSSR count). The molecule has 2 heterocycles. The summed E-state index contributed by atoms with van der Waals surface area (Å²) in [7, 11) is -3.76. The van der Waals surface area contributed by atoms with E-state index in [1.165, 1.54) is 18.2 Å². The lowest BCUT2D eigenvalue weighted by molar-refractivity contribution is -0.138. The number of sulfone groups is 1. The Bertz CT molecular complexity index is 1160. The third kappa shape index (κ3) is 4.77. The molecule has 0 aliphatic carbocycles. The van der Waals surface area contributed by atoms with Crippen LogP contribution in [0, 0.1) is 23.1 Å². The largest absolute Gasteiger partial charge is 0.420 e. The Morgan fingerprint density at radius 1 is 1.25 bits per heavy atom. The van der Waals surface area contributed by atoms with Crippen molar-refractivity contribution in [2.75, 3.05) is 35.7 Å². The molecule has 1 saturated heterocycles. The highest BCUT2D eigenvalue weighted by Crippen LogP contribution is 2.33. The van der Waals surface area contributed by atoms with E-state index in [-0.39, 0.29) is 17.9 Å². The second-order valence-electron chi connectivity index (χ2n) is 7.88. The number of halogens is 4. The number of hydrogen-bond acceptors (Lipinski definition) is 7. The van der Waals surface area contributed by atoms with Crippen LogP contribution in [0.25, 0.3) is 0 Å². The van der Waals surface area contributed by atoms with Crippen LogP contribution in [0.2, 0.25) is 0 Å². The van der Waals surface area contributed by atoms with Crippen molar-refractivity contribution in [2.45, 2.75) is 31.0 Å². The number of rotatable bonds is 4. The Hall–Kier alpha value is -2.94. The van der Waals surface area contributed by atoms with Gasteiger partial charge in [0.25, 0.3) is 0 Å². The third-order valence-electron chi connectivity index (χ3n) is 5.31. The standard InChI is InChI=1S/C20H21F4N5O2S/c1-12(2)17-11-28(13-4-5-15(21)18(8-13)32(3,30)31)6-7-29(17)19-26-10-14(20(22,23)24)16(9-25)27-19/h4-5,8,10,12,17H,6-7,11H2,1-3H3/t17-/m0/s1. The maximum atomic E-state index is 14.0. The van der Waals surface area contributed by atoms with Gasteiger partial charge in [0.2, 0.25) is 5.95 Å². The number of alkyl halides is 3. The highest BCUT2D eigenvalue weighted by molar-refractivity contribution is 7.90. The van der Waals surface area contributed by atoms with E-state index in [9.17, 15) is 26.0 Å². The normalized spacial score (nSPS) is 17.5. The molecule has 0 amide bonds. The predicted octanol–water partition coefficient (Wildman–Crippen LogP) is 3.26. The van der Waals surface area contributed by atoms with E-state index in [0.717, 1.165) is 12.3 Å². The SMILES string of the molecule is CC(C)[C@@H]1CN(c2ccc(F)c(S(C)(=O)=O)c2)CCN1c1ncc(C(F)(F)F)c(C#N)n1. The molecule has 0 spiro atoms. The van der Waals surface area contributed by atoms with E-state index in [1.54, 1.807) is 4.90 Å². The van der Waals surface area contributed by atoms with Gasteiger partial charge >= 0.3 is 6.18 Å². The molecule has 1 fully saturated rings. The van der Waals surface area contributed by atoms with Crippen LogP contribution in [0.3, 0.4) is 0 Å². The number of hydrogen-bond donors (Lipinski definition) is 0. The Labute approximate surface area is 183 Å². The van der Waals surface area contributed by atoms with Gasteiger partial charge in [-0.2, -0.15) is 18.4 Å². The first-order valence-electron chi connectivity index (χ1n) is 9.68. The highest BCUT2D eigenvalue weighted by Gasteiger charge is 2.37. The summed E-state index contributed by atoms with van der Waals surface area (Å²) >= 11 is 0. The molecule has 1 atom stereocenters. The van der Waals surface area contributed by atoms with Gasteiger partial charge in [0.1, 0.15) is 22.3 Å². The summed E-state index contributed by atoms with van der Waals surface area (Å²) in [6.07, 6.45) is -3.19. The van der Waals surface area contributed by atoms with Gasteiger partial charge in [0.05, 0.1) is 6.04 Å². The molecule has 7 nitrogen and oxygen atoms in total. The quantitative estimate of drug-likeness (QED) is 0.633. The number of nitrogens with zero attached hydrogens (tertiary/aromatic N) is 5. The van der Waals surface area contributed by atoms with Crippen molar-refractivity contribution in [1.82, 2.24) is 9.97 Å². The zero-order chi connectivity index (χ0) is 23.8. The lowest BCUT2D eigenvalue weighted by atomic mass is 9.99. The topological polar surface area (TPSA) is 90.2 Å². The molecule has 0 unspecified atom stereocenters. The number of benzene rings is 1. The van der Waals surface area contributed by atoms with E-state index in [0.29, 0.717) is 31.5 Å². The fourth-order valence-corrected chi connectivity index (χ4v) is 4.40. The fraction of sp³-hybridized carbons (Fsp3) is 0.450. The molecule has 0 bridgehead atoms. The molecule has 1 aliphatic rings. The Balaban J connectivity index is 1.93. The maximum Gasteiger partial charge on any atom is 0.420 e. The Morgan fingerprint density at radius 3 is 2.50 bits per heavy atom. The molecule has 2 aromatic rings. The van der Waals surface area contributed by atoms with Gasteiger partial charge in [0, 0.05) is 37.8 Å². The van der Waals surface area contributed by atoms with Gasteiger partial charge in [-0.3, -0.25) is 0 Å². The molecule has 172 valence electrons. The van der Waals surface area contributed by atoms with Gasteiger partial charge in [-0.1, -0.05) is 13.8 Å². The Morgan fingerprint density at radius 2 is 1.94 bits per heavy atom. The van der Waals surface area contributed by atoms with Gasteiger partial charge in [-0.15, -0.1) is 0 Å². The highest BCUT2D eigenvalue weighted by atomic mass is 32.2. The fourth-order valence-electron chi connectivity index (χ4n) is 3.64. The summed E-state index contributed by atoms with van der Waals surface area (Å²) < 4.78 is 76.9. The molecule has 0 saturated carbocycles. The van der Waals surface area contributed by atoms with Crippen LogP contribution in [0.1, 0.15) is 25.1 Å². The van der Waals surface area contributed by atoms with Gasteiger partial charge in [0.15, 0.2) is 15.5 Å². The summed E-state index contributed by atoms with van der Waals surface area (Å²) in [5, 5.41) is 9.14. The van der Waals surface area contributed by atoms with Gasteiger partial charge in [-0.25, -0.2) is 22.8 Å². The zero-order valence-electron chi connectivity index (χ0n) is 17.6. The first-order valence-corrected chi connectivity index (χ1v) is 11.6. The number of nitriles is 1. The van der Waals surface area contributed by atoms with Crippen molar-refractivity contribution in [3.8, 4) is 6.07 Å². The van der Waals surface area contributed by atoms with Gasteiger partial charge < -0.3 is 9.80 Å². The van der Waals surface area contributed by atoms with E-state index in [2.05, 4.69) is 9.97 Å². The van der Waals surface area contributed by atoms with E-state index in [4.69, 9.17) is 5.26 Å². The van der Waals surface area contributed by atoms with Crippen molar-refractivity contribution in [1.29, 1.82) is 5.26 Å². The number of anilines is 2. The second-order valence-corrected chi connectivity index (χ2v) is 9.86. The molecule has 32 heavy (non-hydrogen) atoms. The first-order chi connectivity index (χ1) is 14.8. The van der Waals surface area contributed by atoms with Crippen LogP contribution >= 0.6 is 0 Å². The lowest BCUT2D eigenvalue weighted by Gasteiger charge is -2.44. The monoisotopic (exact) mass is 471 g/mol. The molecular weight excluding hydrogens is 450 g/mol. The van der Waals surface area contributed by atoms with Crippen molar-refractivity contribution >= 4 is 21.5 Å². The van der Waals surface area contributed by atoms with Crippen LogP contribution in [0.4, 0.5) is 29.2 Å². The molecular formula is C20H21F4N5O2S.